The monoisotopic (exact) mass is 244 g/mol. The maximum atomic E-state index is 5.88. The lowest BCUT2D eigenvalue weighted by molar-refractivity contribution is 0.346. The topological polar surface area (TPSA) is 29.3 Å². The maximum absolute atomic E-state index is 5.88. The van der Waals surface area contributed by atoms with Gasteiger partial charge in [0, 0.05) is 17.8 Å². The third-order valence-corrected chi connectivity index (χ3v) is 4.81. The summed E-state index contributed by atoms with van der Waals surface area (Å²) in [6, 6.07) is 8.31. The SMILES string of the molecule is Cc1ccc(C)c(N2C3CCC2CC(CN)C3)c1. The van der Waals surface area contributed by atoms with Crippen LogP contribution in [-0.4, -0.2) is 18.6 Å². The number of benzene rings is 1. The highest BCUT2D eigenvalue weighted by molar-refractivity contribution is 5.57. The molecule has 2 heterocycles. The van der Waals surface area contributed by atoms with Crippen molar-refractivity contribution in [3.63, 3.8) is 0 Å². The summed E-state index contributed by atoms with van der Waals surface area (Å²) < 4.78 is 0. The van der Waals surface area contributed by atoms with Gasteiger partial charge < -0.3 is 10.6 Å². The Bertz CT molecular complexity index is 427. The minimum atomic E-state index is 0.734. The van der Waals surface area contributed by atoms with Gasteiger partial charge in [-0.25, -0.2) is 0 Å². The maximum Gasteiger partial charge on any atom is 0.0403 e. The summed E-state index contributed by atoms with van der Waals surface area (Å²) in [7, 11) is 0. The molecule has 98 valence electrons. The van der Waals surface area contributed by atoms with E-state index < -0.39 is 0 Å². The van der Waals surface area contributed by atoms with E-state index in [0.29, 0.717) is 0 Å². The zero-order valence-corrected chi connectivity index (χ0v) is 11.5. The fourth-order valence-electron chi connectivity index (χ4n) is 3.87. The highest BCUT2D eigenvalue weighted by Crippen LogP contribution is 2.42. The van der Waals surface area contributed by atoms with Crippen LogP contribution in [0.5, 0.6) is 0 Å². The molecule has 2 nitrogen and oxygen atoms in total. The molecule has 0 aromatic heterocycles. The molecule has 2 aliphatic heterocycles. The van der Waals surface area contributed by atoms with Crippen molar-refractivity contribution in [2.75, 3.05) is 11.4 Å². The average molecular weight is 244 g/mol. The Morgan fingerprint density at radius 1 is 1.17 bits per heavy atom. The first kappa shape index (κ1) is 12.0. The van der Waals surface area contributed by atoms with Gasteiger partial charge in [0.2, 0.25) is 0 Å². The normalized spacial score (nSPS) is 30.8. The van der Waals surface area contributed by atoms with Crippen molar-refractivity contribution in [3.05, 3.63) is 29.3 Å². The Labute approximate surface area is 110 Å². The highest BCUT2D eigenvalue weighted by atomic mass is 15.2. The molecular weight excluding hydrogens is 220 g/mol. The lowest BCUT2D eigenvalue weighted by Crippen LogP contribution is -2.44. The molecule has 2 aliphatic rings. The van der Waals surface area contributed by atoms with Gasteiger partial charge in [-0.3, -0.25) is 0 Å². The van der Waals surface area contributed by atoms with Crippen molar-refractivity contribution in [3.8, 4) is 0 Å². The van der Waals surface area contributed by atoms with Crippen LogP contribution in [0.15, 0.2) is 18.2 Å². The number of fused-ring (bicyclic) bond motifs is 2. The van der Waals surface area contributed by atoms with Crippen LogP contribution >= 0.6 is 0 Å². The first-order chi connectivity index (χ1) is 8.69. The van der Waals surface area contributed by atoms with E-state index in [0.717, 1.165) is 24.5 Å². The molecule has 2 N–H and O–H groups in total. The van der Waals surface area contributed by atoms with Gasteiger partial charge in [-0.05, 0) is 69.2 Å². The molecule has 2 bridgehead atoms. The van der Waals surface area contributed by atoms with Gasteiger partial charge in [0.1, 0.15) is 0 Å². The van der Waals surface area contributed by atoms with Gasteiger partial charge in [-0.15, -0.1) is 0 Å². The van der Waals surface area contributed by atoms with E-state index in [2.05, 4.69) is 36.9 Å². The Balaban J connectivity index is 1.91. The summed E-state index contributed by atoms with van der Waals surface area (Å²) in [5.41, 5.74) is 10.1. The lowest BCUT2D eigenvalue weighted by Gasteiger charge is -2.41. The number of nitrogens with two attached hydrogens (primary N) is 1. The molecule has 2 atom stereocenters. The summed E-state index contributed by atoms with van der Waals surface area (Å²) in [5.74, 6) is 0.754. The van der Waals surface area contributed by atoms with Crippen LogP contribution in [0.4, 0.5) is 5.69 Å². The predicted molar refractivity (Wildman–Crippen MR) is 77.0 cm³/mol. The highest BCUT2D eigenvalue weighted by Gasteiger charge is 2.40. The standard InChI is InChI=1S/C16H24N2/c1-11-3-4-12(2)16(7-11)18-14-5-6-15(18)9-13(8-14)10-17/h3-4,7,13-15H,5-6,8-10,17H2,1-2H3. The molecule has 0 aliphatic carbocycles. The number of rotatable bonds is 2. The van der Waals surface area contributed by atoms with E-state index >= 15 is 0 Å². The minimum Gasteiger partial charge on any atom is -0.365 e. The summed E-state index contributed by atoms with van der Waals surface area (Å²) in [6.07, 6.45) is 5.30. The van der Waals surface area contributed by atoms with Gasteiger partial charge in [0.15, 0.2) is 0 Å². The molecular formula is C16H24N2. The number of hydrogen-bond donors (Lipinski definition) is 1. The smallest absolute Gasteiger partial charge is 0.0403 e. The first-order valence-electron chi connectivity index (χ1n) is 7.24. The molecule has 3 rings (SSSR count). The van der Waals surface area contributed by atoms with Crippen LogP contribution < -0.4 is 10.6 Å². The number of anilines is 1. The molecule has 2 heteroatoms. The predicted octanol–water partition coefficient (Wildman–Crippen LogP) is 3.01. The summed E-state index contributed by atoms with van der Waals surface area (Å²) in [5, 5.41) is 0. The molecule has 0 radical (unpaired) electrons. The molecule has 1 aromatic rings. The van der Waals surface area contributed by atoms with Crippen molar-refractivity contribution in [2.24, 2.45) is 11.7 Å². The molecule has 1 aromatic carbocycles. The molecule has 0 amide bonds. The van der Waals surface area contributed by atoms with Crippen LogP contribution in [-0.2, 0) is 0 Å². The van der Waals surface area contributed by atoms with Crippen molar-refractivity contribution in [1.29, 1.82) is 0 Å². The number of nitrogens with zero attached hydrogens (tertiary/aromatic N) is 1. The molecule has 2 saturated heterocycles. The second-order valence-corrected chi connectivity index (χ2v) is 6.16. The van der Waals surface area contributed by atoms with E-state index in [1.165, 1.54) is 42.5 Å². The van der Waals surface area contributed by atoms with Crippen molar-refractivity contribution in [1.82, 2.24) is 0 Å². The summed E-state index contributed by atoms with van der Waals surface area (Å²) >= 11 is 0. The Morgan fingerprint density at radius 3 is 2.44 bits per heavy atom. The zero-order chi connectivity index (χ0) is 12.7. The van der Waals surface area contributed by atoms with E-state index in [4.69, 9.17) is 5.73 Å². The van der Waals surface area contributed by atoms with Crippen molar-refractivity contribution in [2.45, 2.75) is 51.6 Å². The molecule has 0 saturated carbocycles. The third kappa shape index (κ3) is 1.93. The van der Waals surface area contributed by atoms with Crippen LogP contribution in [0.3, 0.4) is 0 Å². The van der Waals surface area contributed by atoms with E-state index in [-0.39, 0.29) is 0 Å². The summed E-state index contributed by atoms with van der Waals surface area (Å²) in [4.78, 5) is 2.70. The number of hydrogen-bond acceptors (Lipinski definition) is 2. The average Bonchev–Trinajstić information content (AvgIpc) is 2.63. The van der Waals surface area contributed by atoms with E-state index in [1.807, 2.05) is 0 Å². The second-order valence-electron chi connectivity index (χ2n) is 6.16. The Hall–Kier alpha value is -1.02. The Morgan fingerprint density at radius 2 is 1.83 bits per heavy atom. The van der Waals surface area contributed by atoms with Crippen LogP contribution in [0.1, 0.15) is 36.8 Å². The quantitative estimate of drug-likeness (QED) is 0.866. The largest absolute Gasteiger partial charge is 0.365 e. The molecule has 0 spiro atoms. The summed E-state index contributed by atoms with van der Waals surface area (Å²) in [6.45, 7) is 5.30. The fraction of sp³-hybridized carbons (Fsp3) is 0.625. The van der Waals surface area contributed by atoms with Crippen LogP contribution in [0.25, 0.3) is 0 Å². The molecule has 2 fully saturated rings. The zero-order valence-electron chi connectivity index (χ0n) is 11.5. The first-order valence-corrected chi connectivity index (χ1v) is 7.24. The number of aryl methyl sites for hydroxylation is 2. The van der Waals surface area contributed by atoms with Gasteiger partial charge in [-0.2, -0.15) is 0 Å². The van der Waals surface area contributed by atoms with Gasteiger partial charge >= 0.3 is 0 Å². The molecule has 18 heavy (non-hydrogen) atoms. The number of piperidine rings is 1. The van der Waals surface area contributed by atoms with Crippen molar-refractivity contribution >= 4 is 5.69 Å². The minimum absolute atomic E-state index is 0.734. The fourth-order valence-corrected chi connectivity index (χ4v) is 3.87. The van der Waals surface area contributed by atoms with Crippen molar-refractivity contribution < 1.29 is 0 Å². The van der Waals surface area contributed by atoms with E-state index in [1.54, 1.807) is 0 Å². The third-order valence-electron chi connectivity index (χ3n) is 4.81. The van der Waals surface area contributed by atoms with Crippen LogP contribution in [0.2, 0.25) is 0 Å². The van der Waals surface area contributed by atoms with E-state index in [9.17, 15) is 0 Å². The Kier molecular flexibility index (Phi) is 3.06. The second kappa shape index (κ2) is 4.58. The lowest BCUT2D eigenvalue weighted by atomic mass is 9.90. The van der Waals surface area contributed by atoms with Gasteiger partial charge in [0.05, 0.1) is 0 Å². The van der Waals surface area contributed by atoms with Gasteiger partial charge in [-0.1, -0.05) is 12.1 Å². The van der Waals surface area contributed by atoms with Gasteiger partial charge in [0.25, 0.3) is 0 Å². The van der Waals surface area contributed by atoms with Crippen LogP contribution in [0, 0.1) is 19.8 Å². The molecule has 2 unspecified atom stereocenters.